The first-order valence-electron chi connectivity index (χ1n) is 7.46. The van der Waals surface area contributed by atoms with Gasteiger partial charge in [-0.15, -0.1) is 0 Å². The Morgan fingerprint density at radius 2 is 1.57 bits per heavy atom. The molecule has 0 fully saturated rings. The zero-order valence-corrected chi connectivity index (χ0v) is 13.1. The van der Waals surface area contributed by atoms with E-state index in [9.17, 15) is 0 Å². The van der Waals surface area contributed by atoms with Crippen molar-refractivity contribution in [2.75, 3.05) is 0 Å². The Kier molecular flexibility index (Phi) is 9.44. The van der Waals surface area contributed by atoms with E-state index < -0.39 is 0 Å². The number of phenolic OH excluding ortho intramolecular Hbond substituents is 1. The molecule has 2 rings (SSSR count). The molecule has 0 aromatic heterocycles. The largest absolute Gasteiger partial charge is 0.508 e. The Hall–Kier alpha value is -1.57. The van der Waals surface area contributed by atoms with Gasteiger partial charge >= 0.3 is 0 Å². The minimum atomic E-state index is 0. The molecular weight excluding hydrogens is 258 g/mol. The Bertz CT molecular complexity index is 441. The first kappa shape index (κ1) is 19.4. The lowest BCUT2D eigenvalue weighted by molar-refractivity contribution is 0.475. The van der Waals surface area contributed by atoms with Crippen molar-refractivity contribution in [2.24, 2.45) is 16.8 Å². The summed E-state index contributed by atoms with van der Waals surface area (Å²) in [5.41, 5.74) is 2.56. The maximum atomic E-state index is 8.99. The highest BCUT2D eigenvalue weighted by atomic mass is 16.3. The Balaban J connectivity index is 0.000000370. The molecule has 1 aromatic carbocycles. The number of phenols is 1. The van der Waals surface area contributed by atoms with Gasteiger partial charge in [-0.25, -0.2) is 0 Å². The molecule has 1 aliphatic rings. The average molecular weight is 289 g/mol. The lowest BCUT2D eigenvalue weighted by atomic mass is 10.0. The zero-order chi connectivity index (χ0) is 15.0. The van der Waals surface area contributed by atoms with Crippen LogP contribution in [0.25, 0.3) is 0 Å². The highest BCUT2D eigenvalue weighted by molar-refractivity contribution is 5.64. The van der Waals surface area contributed by atoms with E-state index in [-0.39, 0.29) is 7.43 Å². The number of hydrogen-bond acceptors (Lipinski definition) is 2. The quantitative estimate of drug-likeness (QED) is 0.766. The Morgan fingerprint density at radius 3 is 2.00 bits per heavy atom. The van der Waals surface area contributed by atoms with Gasteiger partial charge in [0.2, 0.25) is 0 Å². The fourth-order valence-corrected chi connectivity index (χ4v) is 2.07. The van der Waals surface area contributed by atoms with E-state index in [2.05, 4.69) is 38.8 Å². The van der Waals surface area contributed by atoms with Crippen LogP contribution in [0.4, 0.5) is 0 Å². The molecule has 2 heteroatoms. The van der Waals surface area contributed by atoms with Crippen LogP contribution in [-0.4, -0.2) is 11.3 Å². The fraction of sp³-hybridized carbons (Fsp3) is 0.526. The van der Waals surface area contributed by atoms with Crippen LogP contribution in [-0.2, 0) is 6.42 Å². The van der Waals surface area contributed by atoms with Crippen LogP contribution in [0.15, 0.2) is 41.0 Å². The smallest absolute Gasteiger partial charge is 0.115 e. The SMILES string of the molecule is C.CC(C)CC1=CCC=N1.CC(C)Cc1ccc(O)cc1. The fourth-order valence-electron chi connectivity index (χ4n) is 2.07. The maximum absolute atomic E-state index is 8.99. The predicted octanol–water partition coefficient (Wildman–Crippen LogP) is 5.62. The number of aromatic hydroxyl groups is 1. The lowest BCUT2D eigenvalue weighted by Crippen LogP contribution is -1.92. The van der Waals surface area contributed by atoms with Crippen LogP contribution in [0, 0.1) is 11.8 Å². The molecule has 1 aromatic rings. The summed E-state index contributed by atoms with van der Waals surface area (Å²) in [6.45, 7) is 8.81. The van der Waals surface area contributed by atoms with E-state index >= 15 is 0 Å². The number of aliphatic imine (C=N–C) groups is 1. The number of rotatable bonds is 4. The second kappa shape index (κ2) is 10.2. The number of allylic oxidation sites excluding steroid dienone is 2. The summed E-state index contributed by atoms with van der Waals surface area (Å²) in [7, 11) is 0. The van der Waals surface area contributed by atoms with Crippen LogP contribution in [0.3, 0.4) is 0 Å². The minimum absolute atomic E-state index is 0. The molecule has 2 nitrogen and oxygen atoms in total. The molecule has 1 heterocycles. The highest BCUT2D eigenvalue weighted by Gasteiger charge is 2.00. The molecule has 0 atom stereocenters. The van der Waals surface area contributed by atoms with Crippen molar-refractivity contribution in [2.45, 2.75) is 54.4 Å². The van der Waals surface area contributed by atoms with Gasteiger partial charge in [0, 0.05) is 18.3 Å². The van der Waals surface area contributed by atoms with E-state index in [4.69, 9.17) is 5.11 Å². The van der Waals surface area contributed by atoms with Gasteiger partial charge in [0.25, 0.3) is 0 Å². The van der Waals surface area contributed by atoms with Gasteiger partial charge in [0.15, 0.2) is 0 Å². The molecule has 0 saturated heterocycles. The third-order valence-electron chi connectivity index (χ3n) is 2.91. The Labute approximate surface area is 130 Å². The molecular formula is C19H31NO. The van der Waals surface area contributed by atoms with E-state index in [1.807, 2.05) is 18.3 Å². The lowest BCUT2D eigenvalue weighted by Gasteiger charge is -2.03. The Morgan fingerprint density at radius 1 is 1.00 bits per heavy atom. The average Bonchev–Trinajstić information content (AvgIpc) is 2.84. The topological polar surface area (TPSA) is 32.6 Å². The molecule has 0 radical (unpaired) electrons. The summed E-state index contributed by atoms with van der Waals surface area (Å²) in [5, 5.41) is 8.99. The molecule has 1 aliphatic heterocycles. The monoisotopic (exact) mass is 289 g/mol. The van der Waals surface area contributed by atoms with Gasteiger partial charge in [-0.3, -0.25) is 4.99 Å². The standard InChI is InChI=1S/C10H14O.C8H13N.CH4/c1-8(2)7-9-3-5-10(11)6-4-9;1-7(2)6-8-4-3-5-9-8;/h3-6,8,11H,7H2,1-2H3;4-5,7H,3,6H2,1-2H3;1H4. The van der Waals surface area contributed by atoms with Crippen molar-refractivity contribution >= 4 is 6.21 Å². The summed E-state index contributed by atoms with van der Waals surface area (Å²) in [6, 6.07) is 7.40. The van der Waals surface area contributed by atoms with Gasteiger partial charge in [-0.05, 0) is 42.4 Å². The second-order valence-corrected chi connectivity index (χ2v) is 6.11. The van der Waals surface area contributed by atoms with Crippen LogP contribution in [0.1, 0.15) is 53.5 Å². The molecule has 0 spiro atoms. The first-order chi connectivity index (χ1) is 9.47. The summed E-state index contributed by atoms with van der Waals surface area (Å²) in [6.07, 6.45) is 7.43. The third-order valence-corrected chi connectivity index (χ3v) is 2.91. The molecule has 0 saturated carbocycles. The van der Waals surface area contributed by atoms with Crippen LogP contribution in [0.5, 0.6) is 5.75 Å². The summed E-state index contributed by atoms with van der Waals surface area (Å²) < 4.78 is 0. The normalized spacial score (nSPS) is 12.8. The molecule has 0 aliphatic carbocycles. The molecule has 0 unspecified atom stereocenters. The number of nitrogens with zero attached hydrogens (tertiary/aromatic N) is 1. The van der Waals surface area contributed by atoms with Crippen molar-refractivity contribution in [3.63, 3.8) is 0 Å². The predicted molar refractivity (Wildman–Crippen MR) is 94.0 cm³/mol. The van der Waals surface area contributed by atoms with Gasteiger partial charge < -0.3 is 5.11 Å². The van der Waals surface area contributed by atoms with Crippen molar-refractivity contribution in [3.8, 4) is 5.75 Å². The maximum Gasteiger partial charge on any atom is 0.115 e. The van der Waals surface area contributed by atoms with Gasteiger partial charge in [0.05, 0.1) is 0 Å². The third kappa shape index (κ3) is 9.06. The van der Waals surface area contributed by atoms with Crippen LogP contribution >= 0.6 is 0 Å². The van der Waals surface area contributed by atoms with Gasteiger partial charge in [0.1, 0.15) is 5.75 Å². The summed E-state index contributed by atoms with van der Waals surface area (Å²) in [4.78, 5) is 4.21. The minimum Gasteiger partial charge on any atom is -0.508 e. The van der Waals surface area contributed by atoms with E-state index in [1.54, 1.807) is 12.1 Å². The number of hydrogen-bond donors (Lipinski definition) is 1. The van der Waals surface area contributed by atoms with Crippen molar-refractivity contribution in [3.05, 3.63) is 41.6 Å². The molecule has 0 amide bonds. The first-order valence-corrected chi connectivity index (χ1v) is 7.46. The molecule has 1 N–H and O–H groups in total. The highest BCUT2D eigenvalue weighted by Crippen LogP contribution is 2.15. The van der Waals surface area contributed by atoms with Crippen LogP contribution in [0.2, 0.25) is 0 Å². The summed E-state index contributed by atoms with van der Waals surface area (Å²) in [5.74, 6) is 1.77. The van der Waals surface area contributed by atoms with E-state index in [0.29, 0.717) is 11.7 Å². The van der Waals surface area contributed by atoms with E-state index in [0.717, 1.165) is 25.2 Å². The van der Waals surface area contributed by atoms with Crippen molar-refractivity contribution < 1.29 is 5.11 Å². The van der Waals surface area contributed by atoms with Gasteiger partial charge in [-0.1, -0.05) is 53.3 Å². The van der Waals surface area contributed by atoms with Crippen LogP contribution < -0.4 is 0 Å². The summed E-state index contributed by atoms with van der Waals surface area (Å²) >= 11 is 0. The van der Waals surface area contributed by atoms with E-state index in [1.165, 1.54) is 11.3 Å². The molecule has 0 bridgehead atoms. The molecule has 118 valence electrons. The van der Waals surface area contributed by atoms with Crippen molar-refractivity contribution in [1.82, 2.24) is 0 Å². The van der Waals surface area contributed by atoms with Gasteiger partial charge in [-0.2, -0.15) is 0 Å². The van der Waals surface area contributed by atoms with Crippen molar-refractivity contribution in [1.29, 1.82) is 0 Å². The molecule has 21 heavy (non-hydrogen) atoms. The number of benzene rings is 1. The second-order valence-electron chi connectivity index (χ2n) is 6.11. The zero-order valence-electron chi connectivity index (χ0n) is 13.1.